The number of halogens is 3. The van der Waals surface area contributed by atoms with Gasteiger partial charge in [-0.15, -0.1) is 0 Å². The minimum absolute atomic E-state index is 0.0416. The molecule has 0 spiro atoms. The normalized spacial score (nSPS) is 11.7. The molecule has 2 heterocycles. The van der Waals surface area contributed by atoms with E-state index in [1.54, 1.807) is 18.2 Å². The lowest BCUT2D eigenvalue weighted by atomic mass is 10.2. The summed E-state index contributed by atoms with van der Waals surface area (Å²) in [5.41, 5.74) is 0.545. The number of hydrogen-bond donors (Lipinski definition) is 2. The van der Waals surface area contributed by atoms with Gasteiger partial charge in [-0.05, 0) is 34.1 Å². The molecule has 0 atom stereocenters. The van der Waals surface area contributed by atoms with E-state index < -0.39 is 21.9 Å². The number of fused-ring (bicyclic) bond motifs is 1. The van der Waals surface area contributed by atoms with Gasteiger partial charge in [-0.3, -0.25) is 0 Å². The molecule has 0 aliphatic heterocycles. The van der Waals surface area contributed by atoms with Crippen molar-refractivity contribution in [1.29, 1.82) is 0 Å². The van der Waals surface area contributed by atoms with Crippen LogP contribution in [-0.2, 0) is 10.0 Å². The van der Waals surface area contributed by atoms with Crippen LogP contribution >= 0.6 is 27.5 Å². The smallest absolute Gasteiger partial charge is 0.266 e. The summed E-state index contributed by atoms with van der Waals surface area (Å²) in [5, 5.41) is 0.890. The number of methoxy groups -OCH3 is 1. The van der Waals surface area contributed by atoms with Crippen molar-refractivity contribution >= 4 is 54.4 Å². The monoisotopic (exact) mass is 434 g/mol. The van der Waals surface area contributed by atoms with Gasteiger partial charge in [0.1, 0.15) is 9.37 Å². The van der Waals surface area contributed by atoms with Gasteiger partial charge in [0.25, 0.3) is 10.0 Å². The van der Waals surface area contributed by atoms with Crippen molar-refractivity contribution < 1.29 is 17.5 Å². The zero-order valence-electron chi connectivity index (χ0n) is 12.0. The predicted molar refractivity (Wildman–Crippen MR) is 90.4 cm³/mol. The number of ether oxygens (including phenoxy) is 1. The zero-order valence-corrected chi connectivity index (χ0v) is 15.1. The summed E-state index contributed by atoms with van der Waals surface area (Å²) in [5.74, 6) is -1.54. The largest absolute Gasteiger partial charge is 0.480 e. The molecule has 0 aliphatic rings. The first-order valence-corrected chi connectivity index (χ1v) is 9.03. The second kappa shape index (κ2) is 6.19. The second-order valence-corrected chi connectivity index (χ2v) is 7.49. The lowest BCUT2D eigenvalue weighted by molar-refractivity contribution is 0.387. The van der Waals surface area contributed by atoms with E-state index in [9.17, 15) is 12.8 Å². The fourth-order valence-electron chi connectivity index (χ4n) is 2.05. The molecule has 2 aromatic heterocycles. The SMILES string of the molecule is COc1nc(NS(=O)(=O)c2c[nH]c3cc(Cl)ccc23)nc(F)c1Br. The van der Waals surface area contributed by atoms with Crippen LogP contribution in [0.15, 0.2) is 33.8 Å². The molecular weight excluding hydrogens is 427 g/mol. The third-order valence-corrected chi connectivity index (χ3v) is 5.36. The number of aromatic nitrogens is 3. The maximum atomic E-state index is 13.7. The van der Waals surface area contributed by atoms with Crippen LogP contribution in [0.4, 0.5) is 10.3 Å². The van der Waals surface area contributed by atoms with Crippen molar-refractivity contribution in [3.63, 3.8) is 0 Å². The van der Waals surface area contributed by atoms with Gasteiger partial charge in [0.2, 0.25) is 17.8 Å². The number of aromatic amines is 1. The molecule has 0 amide bonds. The Kier molecular flexibility index (Phi) is 4.37. The minimum Gasteiger partial charge on any atom is -0.480 e. The number of hydrogen-bond acceptors (Lipinski definition) is 5. The number of nitrogens with one attached hydrogen (secondary N) is 2. The molecule has 0 bridgehead atoms. The van der Waals surface area contributed by atoms with Gasteiger partial charge in [0.05, 0.1) is 7.11 Å². The predicted octanol–water partition coefficient (Wildman–Crippen LogP) is 3.32. The summed E-state index contributed by atoms with van der Waals surface area (Å²) < 4.78 is 45.7. The molecule has 0 saturated heterocycles. The van der Waals surface area contributed by atoms with E-state index in [4.69, 9.17) is 16.3 Å². The van der Waals surface area contributed by atoms with Crippen LogP contribution in [0.3, 0.4) is 0 Å². The molecule has 24 heavy (non-hydrogen) atoms. The minimum atomic E-state index is -4.05. The molecule has 3 aromatic rings. The summed E-state index contributed by atoms with van der Waals surface area (Å²) in [6, 6.07) is 4.72. The van der Waals surface area contributed by atoms with Gasteiger partial charge < -0.3 is 9.72 Å². The highest BCUT2D eigenvalue weighted by atomic mass is 79.9. The van der Waals surface area contributed by atoms with E-state index >= 15 is 0 Å². The average Bonchev–Trinajstić information content (AvgIpc) is 2.94. The second-order valence-electron chi connectivity index (χ2n) is 4.61. The molecule has 0 radical (unpaired) electrons. The van der Waals surface area contributed by atoms with E-state index in [2.05, 4.69) is 35.6 Å². The molecule has 2 N–H and O–H groups in total. The fourth-order valence-corrected chi connectivity index (χ4v) is 3.69. The van der Waals surface area contributed by atoms with Crippen LogP contribution < -0.4 is 9.46 Å². The van der Waals surface area contributed by atoms with Gasteiger partial charge in [0, 0.05) is 22.1 Å². The summed E-state index contributed by atoms with van der Waals surface area (Å²) in [7, 11) is -2.78. The Labute approximate surface area is 149 Å². The van der Waals surface area contributed by atoms with Crippen molar-refractivity contribution in [3.8, 4) is 5.88 Å². The summed E-state index contributed by atoms with van der Waals surface area (Å²) in [6.07, 6.45) is 1.30. The first kappa shape index (κ1) is 16.9. The summed E-state index contributed by atoms with van der Waals surface area (Å²) in [6.45, 7) is 0. The van der Waals surface area contributed by atoms with Gasteiger partial charge in [-0.2, -0.15) is 14.4 Å². The van der Waals surface area contributed by atoms with Crippen molar-refractivity contribution in [3.05, 3.63) is 39.8 Å². The third-order valence-electron chi connectivity index (χ3n) is 3.09. The number of rotatable bonds is 4. The number of sulfonamides is 1. The molecule has 0 fully saturated rings. The molecular formula is C13H9BrClFN4O3S. The van der Waals surface area contributed by atoms with Gasteiger partial charge >= 0.3 is 0 Å². The van der Waals surface area contributed by atoms with E-state index in [-0.39, 0.29) is 15.2 Å². The van der Waals surface area contributed by atoms with Crippen molar-refractivity contribution in [2.24, 2.45) is 0 Å². The van der Waals surface area contributed by atoms with E-state index in [0.29, 0.717) is 15.9 Å². The maximum Gasteiger partial charge on any atom is 0.266 e. The Morgan fingerprint density at radius 1 is 1.38 bits per heavy atom. The molecule has 0 saturated carbocycles. The molecule has 0 unspecified atom stereocenters. The average molecular weight is 436 g/mol. The maximum absolute atomic E-state index is 13.7. The van der Waals surface area contributed by atoms with Gasteiger partial charge in [0.15, 0.2) is 0 Å². The highest BCUT2D eigenvalue weighted by molar-refractivity contribution is 9.10. The lowest BCUT2D eigenvalue weighted by Gasteiger charge is -2.08. The Morgan fingerprint density at radius 3 is 2.83 bits per heavy atom. The highest BCUT2D eigenvalue weighted by Gasteiger charge is 2.22. The molecule has 3 rings (SSSR count). The standard InChI is InChI=1S/C13H9BrClFN4O3S/c1-23-12-10(14)11(16)18-13(19-12)20-24(21,22)9-5-17-8-4-6(15)2-3-7(8)9/h2-5,17H,1H3,(H,18,19,20). The Bertz CT molecular complexity index is 1040. The zero-order chi connectivity index (χ0) is 17.5. The number of nitrogens with zero attached hydrogens (tertiary/aromatic N) is 2. The fraction of sp³-hybridized carbons (Fsp3) is 0.0769. The topological polar surface area (TPSA) is 97.0 Å². The van der Waals surface area contributed by atoms with Gasteiger partial charge in [-0.1, -0.05) is 11.6 Å². The van der Waals surface area contributed by atoms with Crippen LogP contribution in [0.2, 0.25) is 5.02 Å². The number of anilines is 1. The van der Waals surface area contributed by atoms with E-state index in [1.807, 2.05) is 0 Å². The number of H-pyrrole nitrogens is 1. The van der Waals surface area contributed by atoms with Crippen LogP contribution in [0.25, 0.3) is 10.9 Å². The first-order chi connectivity index (χ1) is 11.3. The van der Waals surface area contributed by atoms with Crippen LogP contribution in [0.1, 0.15) is 0 Å². The molecule has 0 aliphatic carbocycles. The van der Waals surface area contributed by atoms with Crippen LogP contribution in [0, 0.1) is 5.95 Å². The van der Waals surface area contributed by atoms with Crippen molar-refractivity contribution in [2.75, 3.05) is 11.8 Å². The molecule has 11 heteroatoms. The molecule has 126 valence electrons. The van der Waals surface area contributed by atoms with E-state index in [0.717, 1.165) is 0 Å². The van der Waals surface area contributed by atoms with Crippen molar-refractivity contribution in [1.82, 2.24) is 15.0 Å². The summed E-state index contributed by atoms with van der Waals surface area (Å²) in [4.78, 5) is 10.0. The molecule has 1 aromatic carbocycles. The highest BCUT2D eigenvalue weighted by Crippen LogP contribution is 2.29. The Morgan fingerprint density at radius 2 is 2.12 bits per heavy atom. The van der Waals surface area contributed by atoms with Crippen LogP contribution in [-0.4, -0.2) is 30.5 Å². The Balaban J connectivity index is 2.04. The molecule has 7 nitrogen and oxygen atoms in total. The summed E-state index contributed by atoms with van der Waals surface area (Å²) >= 11 is 8.78. The lowest BCUT2D eigenvalue weighted by Crippen LogP contribution is -2.15. The first-order valence-electron chi connectivity index (χ1n) is 6.38. The van der Waals surface area contributed by atoms with Crippen LogP contribution in [0.5, 0.6) is 5.88 Å². The third kappa shape index (κ3) is 3.04. The van der Waals surface area contributed by atoms with Crippen molar-refractivity contribution in [2.45, 2.75) is 4.90 Å². The number of benzene rings is 1. The quantitative estimate of drug-likeness (QED) is 0.613. The Hall–Kier alpha value is -1.91. The van der Waals surface area contributed by atoms with E-state index in [1.165, 1.54) is 13.3 Å². The van der Waals surface area contributed by atoms with Gasteiger partial charge in [-0.25, -0.2) is 13.1 Å².